The molecule has 1 aliphatic carbocycles. The number of amides is 2. The molecule has 0 bridgehead atoms. The molecule has 0 aliphatic heterocycles. The van der Waals surface area contributed by atoms with E-state index in [1.807, 2.05) is 25.1 Å². The van der Waals surface area contributed by atoms with E-state index in [2.05, 4.69) is 17.4 Å². The zero-order chi connectivity index (χ0) is 20.1. The molecule has 2 aromatic rings. The normalized spacial score (nSPS) is 11.9. The molecule has 6 nitrogen and oxygen atoms in total. The summed E-state index contributed by atoms with van der Waals surface area (Å²) in [6, 6.07) is 10.1. The average molecular weight is 401 g/mol. The summed E-state index contributed by atoms with van der Waals surface area (Å²) in [5.41, 5.74) is 3.60. The molecule has 1 heterocycles. The van der Waals surface area contributed by atoms with Gasteiger partial charge in [-0.1, -0.05) is 31.2 Å². The minimum absolute atomic E-state index is 0.0551. The second-order valence-electron chi connectivity index (χ2n) is 6.80. The Balaban J connectivity index is 1.57. The van der Waals surface area contributed by atoms with Gasteiger partial charge in [-0.2, -0.15) is 0 Å². The minimum Gasteiger partial charge on any atom is -0.451 e. The Morgan fingerprint density at radius 1 is 1.18 bits per heavy atom. The first kappa shape index (κ1) is 20.1. The first-order chi connectivity index (χ1) is 13.5. The fourth-order valence-electron chi connectivity index (χ4n) is 3.10. The van der Waals surface area contributed by atoms with E-state index in [9.17, 15) is 14.4 Å². The molecule has 1 N–H and O–H groups in total. The Morgan fingerprint density at radius 2 is 1.93 bits per heavy atom. The van der Waals surface area contributed by atoms with Gasteiger partial charge in [0, 0.05) is 18.5 Å². The molecular formula is C21H24N2O4S. The van der Waals surface area contributed by atoms with Crippen LogP contribution in [0.3, 0.4) is 0 Å². The molecular weight excluding hydrogens is 376 g/mol. The number of thiophene rings is 1. The van der Waals surface area contributed by atoms with E-state index >= 15 is 0 Å². The van der Waals surface area contributed by atoms with Crippen LogP contribution in [0.15, 0.2) is 30.3 Å². The number of fused-ring (bicyclic) bond motifs is 3. The lowest BCUT2D eigenvalue weighted by Gasteiger charge is -2.16. The smallest absolute Gasteiger partial charge is 0.348 e. The molecule has 148 valence electrons. The highest BCUT2D eigenvalue weighted by atomic mass is 32.1. The van der Waals surface area contributed by atoms with Gasteiger partial charge in [-0.15, -0.1) is 11.3 Å². The average Bonchev–Trinajstić information content (AvgIpc) is 3.15. The number of nitrogens with one attached hydrogen (secondary N) is 1. The van der Waals surface area contributed by atoms with Crippen LogP contribution in [0.25, 0.3) is 10.4 Å². The standard InChI is InChI=1S/C21H24N2O4S/c1-3-10-22-18(24)12-23(2)19(25)13-27-21(26)17-11-15-9-8-14-6-4-5-7-16(14)20(15)28-17/h4-7,11H,3,8-10,12-13H2,1-2H3,(H,22,24). The first-order valence-electron chi connectivity index (χ1n) is 9.38. The van der Waals surface area contributed by atoms with Gasteiger partial charge in [0.15, 0.2) is 6.61 Å². The zero-order valence-corrected chi connectivity index (χ0v) is 16.9. The number of carbonyl (C=O) groups excluding carboxylic acids is 3. The zero-order valence-electron chi connectivity index (χ0n) is 16.1. The highest BCUT2D eigenvalue weighted by Gasteiger charge is 2.23. The Hall–Kier alpha value is -2.67. The molecule has 3 rings (SSSR count). The highest BCUT2D eigenvalue weighted by molar-refractivity contribution is 7.17. The van der Waals surface area contributed by atoms with Gasteiger partial charge >= 0.3 is 5.97 Å². The molecule has 0 unspecified atom stereocenters. The van der Waals surface area contributed by atoms with Gasteiger partial charge in [0.1, 0.15) is 4.88 Å². The first-order valence-corrected chi connectivity index (χ1v) is 10.2. The number of likely N-dealkylation sites (N-methyl/N-ethyl adjacent to an activating group) is 1. The molecule has 2 amide bonds. The number of rotatable bonds is 7. The van der Waals surface area contributed by atoms with Gasteiger partial charge in [0.2, 0.25) is 5.91 Å². The van der Waals surface area contributed by atoms with E-state index in [0.717, 1.165) is 29.7 Å². The number of esters is 1. The van der Waals surface area contributed by atoms with Crippen LogP contribution in [0.1, 0.15) is 34.1 Å². The summed E-state index contributed by atoms with van der Waals surface area (Å²) >= 11 is 1.40. The predicted molar refractivity (Wildman–Crippen MR) is 108 cm³/mol. The van der Waals surface area contributed by atoms with Crippen LogP contribution >= 0.6 is 11.3 Å². The summed E-state index contributed by atoms with van der Waals surface area (Å²) in [7, 11) is 1.52. The van der Waals surface area contributed by atoms with Crippen LogP contribution in [-0.4, -0.2) is 49.4 Å². The van der Waals surface area contributed by atoms with Crippen molar-refractivity contribution in [2.45, 2.75) is 26.2 Å². The summed E-state index contributed by atoms with van der Waals surface area (Å²) in [4.78, 5) is 39.1. The topological polar surface area (TPSA) is 75.7 Å². The van der Waals surface area contributed by atoms with Crippen LogP contribution in [-0.2, 0) is 27.2 Å². The number of aryl methyl sites for hydroxylation is 2. The van der Waals surface area contributed by atoms with Crippen molar-refractivity contribution in [1.82, 2.24) is 10.2 Å². The van der Waals surface area contributed by atoms with Gasteiger partial charge < -0.3 is 15.0 Å². The molecule has 7 heteroatoms. The molecule has 1 aliphatic rings. The van der Waals surface area contributed by atoms with Gasteiger partial charge in [0.05, 0.1) is 6.54 Å². The summed E-state index contributed by atoms with van der Waals surface area (Å²) in [5, 5.41) is 2.71. The van der Waals surface area contributed by atoms with Crippen molar-refractivity contribution in [3.63, 3.8) is 0 Å². The van der Waals surface area contributed by atoms with E-state index in [-0.39, 0.29) is 19.1 Å². The molecule has 0 saturated heterocycles. The number of benzene rings is 1. The molecule has 28 heavy (non-hydrogen) atoms. The van der Waals surface area contributed by atoms with Crippen molar-refractivity contribution in [3.8, 4) is 10.4 Å². The number of hydrogen-bond donors (Lipinski definition) is 1. The molecule has 0 atom stereocenters. The van der Waals surface area contributed by atoms with E-state index < -0.39 is 11.9 Å². The van der Waals surface area contributed by atoms with Crippen molar-refractivity contribution in [2.75, 3.05) is 26.7 Å². The van der Waals surface area contributed by atoms with E-state index in [1.165, 1.54) is 34.4 Å². The van der Waals surface area contributed by atoms with Gasteiger partial charge in [-0.05, 0) is 42.0 Å². The SMILES string of the molecule is CCCNC(=O)CN(C)C(=O)COC(=O)c1cc2c(s1)-c1ccccc1CC2. The van der Waals surface area contributed by atoms with Crippen LogP contribution in [0, 0.1) is 0 Å². The fraction of sp³-hybridized carbons (Fsp3) is 0.381. The Labute approximate surface area is 168 Å². The van der Waals surface area contributed by atoms with Crippen molar-refractivity contribution < 1.29 is 19.1 Å². The number of carbonyl (C=O) groups is 3. The van der Waals surface area contributed by atoms with Gasteiger partial charge in [-0.3, -0.25) is 9.59 Å². The van der Waals surface area contributed by atoms with Crippen LogP contribution in [0.4, 0.5) is 0 Å². The molecule has 0 saturated carbocycles. The quantitative estimate of drug-likeness (QED) is 0.725. The predicted octanol–water partition coefficient (Wildman–Crippen LogP) is 2.66. The van der Waals surface area contributed by atoms with Crippen molar-refractivity contribution in [1.29, 1.82) is 0 Å². The maximum Gasteiger partial charge on any atom is 0.348 e. The van der Waals surface area contributed by atoms with Gasteiger partial charge in [0.25, 0.3) is 5.91 Å². The molecule has 0 fully saturated rings. The van der Waals surface area contributed by atoms with E-state index in [4.69, 9.17) is 4.74 Å². The van der Waals surface area contributed by atoms with Crippen molar-refractivity contribution in [2.24, 2.45) is 0 Å². The van der Waals surface area contributed by atoms with E-state index in [1.54, 1.807) is 0 Å². The number of hydrogen-bond acceptors (Lipinski definition) is 5. The Kier molecular flexibility index (Phi) is 6.46. The summed E-state index contributed by atoms with van der Waals surface area (Å²) in [6.45, 7) is 2.09. The second-order valence-corrected chi connectivity index (χ2v) is 7.85. The van der Waals surface area contributed by atoms with Crippen LogP contribution in [0.5, 0.6) is 0 Å². The Bertz CT molecular complexity index is 890. The minimum atomic E-state index is -0.505. The van der Waals surface area contributed by atoms with Crippen molar-refractivity contribution >= 4 is 29.1 Å². The molecule has 0 radical (unpaired) electrons. The lowest BCUT2D eigenvalue weighted by Crippen LogP contribution is -2.40. The van der Waals surface area contributed by atoms with E-state index in [0.29, 0.717) is 11.4 Å². The lowest BCUT2D eigenvalue weighted by molar-refractivity contribution is -0.137. The number of ether oxygens (including phenoxy) is 1. The monoisotopic (exact) mass is 400 g/mol. The molecule has 0 spiro atoms. The summed E-state index contributed by atoms with van der Waals surface area (Å²) in [5.74, 6) is -1.14. The maximum absolute atomic E-state index is 12.4. The number of nitrogens with zero attached hydrogens (tertiary/aromatic N) is 1. The lowest BCUT2D eigenvalue weighted by atomic mass is 9.91. The summed E-state index contributed by atoms with van der Waals surface area (Å²) in [6.07, 6.45) is 2.68. The van der Waals surface area contributed by atoms with Crippen LogP contribution < -0.4 is 5.32 Å². The van der Waals surface area contributed by atoms with Crippen LogP contribution in [0.2, 0.25) is 0 Å². The Morgan fingerprint density at radius 3 is 2.71 bits per heavy atom. The maximum atomic E-state index is 12.4. The second kappa shape index (κ2) is 9.01. The largest absolute Gasteiger partial charge is 0.451 e. The molecule has 1 aromatic carbocycles. The highest BCUT2D eigenvalue weighted by Crippen LogP contribution is 2.39. The van der Waals surface area contributed by atoms with Gasteiger partial charge in [-0.25, -0.2) is 4.79 Å². The third kappa shape index (κ3) is 4.59. The molecule has 1 aromatic heterocycles. The summed E-state index contributed by atoms with van der Waals surface area (Å²) < 4.78 is 5.19. The van der Waals surface area contributed by atoms with Crippen molar-refractivity contribution in [3.05, 3.63) is 46.3 Å². The third-order valence-corrected chi connectivity index (χ3v) is 5.83. The fourth-order valence-corrected chi connectivity index (χ4v) is 4.27. The third-order valence-electron chi connectivity index (χ3n) is 4.64.